The molecule has 0 radical (unpaired) electrons. The largest absolute Gasteiger partial charge is 0.480 e. The Bertz CT molecular complexity index is 821. The summed E-state index contributed by atoms with van der Waals surface area (Å²) in [5.74, 6) is -1.96. The molecule has 0 aliphatic heterocycles. The number of hydrogen-bond donors (Lipinski definition) is 5. The molecular formula is C18H18N4O5. The minimum absolute atomic E-state index is 0.0834. The van der Waals surface area contributed by atoms with E-state index in [9.17, 15) is 14.4 Å². The van der Waals surface area contributed by atoms with Gasteiger partial charge >= 0.3 is 12.1 Å². The van der Waals surface area contributed by atoms with Crippen molar-refractivity contribution >= 4 is 29.6 Å². The van der Waals surface area contributed by atoms with E-state index in [2.05, 4.69) is 16.0 Å². The van der Waals surface area contributed by atoms with Gasteiger partial charge in [0.2, 0.25) is 5.96 Å². The molecule has 9 heteroatoms. The van der Waals surface area contributed by atoms with Gasteiger partial charge in [-0.1, -0.05) is 30.3 Å². The molecule has 2 aromatic carbocycles. The lowest BCUT2D eigenvalue weighted by Gasteiger charge is -2.10. The average molecular weight is 370 g/mol. The summed E-state index contributed by atoms with van der Waals surface area (Å²) in [5, 5.41) is 23.4. The lowest BCUT2D eigenvalue weighted by molar-refractivity contribution is -0.135. The molecule has 9 nitrogen and oxygen atoms in total. The maximum absolute atomic E-state index is 11.7. The summed E-state index contributed by atoms with van der Waals surface area (Å²) in [5.41, 5.74) is 1.55. The predicted octanol–water partition coefficient (Wildman–Crippen LogP) is 1.77. The van der Waals surface area contributed by atoms with Gasteiger partial charge < -0.3 is 20.5 Å². The van der Waals surface area contributed by atoms with Crippen molar-refractivity contribution < 1.29 is 24.2 Å². The zero-order valence-electron chi connectivity index (χ0n) is 14.2. The highest BCUT2D eigenvalue weighted by Gasteiger charge is 2.09. The van der Waals surface area contributed by atoms with Crippen LogP contribution in [0.5, 0.6) is 0 Å². The van der Waals surface area contributed by atoms with Crippen LogP contribution in [0.15, 0.2) is 54.6 Å². The van der Waals surface area contributed by atoms with Gasteiger partial charge in [-0.2, -0.15) is 0 Å². The lowest BCUT2D eigenvalue weighted by atomic mass is 10.2. The minimum atomic E-state index is -1.14. The van der Waals surface area contributed by atoms with E-state index < -0.39 is 24.5 Å². The Morgan fingerprint density at radius 3 is 2.30 bits per heavy atom. The number of carbonyl (C=O) groups is 3. The molecule has 0 aliphatic rings. The molecule has 2 amide bonds. The fourth-order valence-corrected chi connectivity index (χ4v) is 2.00. The Hall–Kier alpha value is -3.88. The number of amides is 2. The van der Waals surface area contributed by atoms with Crippen molar-refractivity contribution in [1.29, 1.82) is 5.41 Å². The molecule has 0 saturated carbocycles. The maximum atomic E-state index is 11.7. The SMILES string of the molecule is N=C(NC(=O)OCc1ccccc1)Nc1ccc(C(=O)NCC(=O)O)cc1. The highest BCUT2D eigenvalue weighted by molar-refractivity contribution is 6.01. The first-order chi connectivity index (χ1) is 12.9. The van der Waals surface area contributed by atoms with Gasteiger partial charge in [0, 0.05) is 11.3 Å². The number of guanidine groups is 1. The lowest BCUT2D eigenvalue weighted by Crippen LogP contribution is -2.35. The molecule has 0 aromatic heterocycles. The van der Waals surface area contributed by atoms with Crippen molar-refractivity contribution in [3.05, 3.63) is 65.7 Å². The van der Waals surface area contributed by atoms with Gasteiger partial charge in [-0.05, 0) is 29.8 Å². The van der Waals surface area contributed by atoms with Crippen LogP contribution in [0.4, 0.5) is 10.5 Å². The molecule has 0 fully saturated rings. The molecule has 0 unspecified atom stereocenters. The van der Waals surface area contributed by atoms with Crippen molar-refractivity contribution in [2.75, 3.05) is 11.9 Å². The molecule has 140 valence electrons. The van der Waals surface area contributed by atoms with Crippen molar-refractivity contribution in [2.45, 2.75) is 6.61 Å². The first kappa shape index (κ1) is 19.4. The van der Waals surface area contributed by atoms with Crippen LogP contribution in [0.3, 0.4) is 0 Å². The van der Waals surface area contributed by atoms with Gasteiger partial charge in [0.1, 0.15) is 13.2 Å². The predicted molar refractivity (Wildman–Crippen MR) is 97.5 cm³/mol. The summed E-state index contributed by atoms with van der Waals surface area (Å²) in [4.78, 5) is 33.8. The van der Waals surface area contributed by atoms with E-state index in [1.54, 1.807) is 0 Å². The van der Waals surface area contributed by atoms with Gasteiger partial charge in [0.25, 0.3) is 5.91 Å². The Kier molecular flexibility index (Phi) is 6.89. The van der Waals surface area contributed by atoms with Gasteiger partial charge in [-0.25, -0.2) is 4.79 Å². The summed E-state index contributed by atoms with van der Waals surface area (Å²) >= 11 is 0. The van der Waals surface area contributed by atoms with Crippen LogP contribution in [0.25, 0.3) is 0 Å². The van der Waals surface area contributed by atoms with Gasteiger partial charge in [0.15, 0.2) is 0 Å². The topological polar surface area (TPSA) is 141 Å². The molecule has 0 spiro atoms. The monoisotopic (exact) mass is 370 g/mol. The van der Waals surface area contributed by atoms with Crippen LogP contribution in [-0.4, -0.2) is 35.6 Å². The summed E-state index contributed by atoms with van der Waals surface area (Å²) in [6, 6.07) is 15.1. The zero-order valence-corrected chi connectivity index (χ0v) is 14.2. The number of rotatable bonds is 6. The highest BCUT2D eigenvalue weighted by Crippen LogP contribution is 2.09. The number of alkyl carbamates (subject to hydrolysis) is 1. The number of anilines is 1. The Balaban J connectivity index is 1.78. The van der Waals surface area contributed by atoms with Crippen molar-refractivity contribution in [2.24, 2.45) is 0 Å². The molecule has 5 N–H and O–H groups in total. The number of ether oxygens (including phenoxy) is 1. The molecule has 27 heavy (non-hydrogen) atoms. The van der Waals surface area contributed by atoms with Crippen LogP contribution >= 0.6 is 0 Å². The second kappa shape index (κ2) is 9.56. The van der Waals surface area contributed by atoms with E-state index in [0.717, 1.165) is 5.56 Å². The summed E-state index contributed by atoms with van der Waals surface area (Å²) in [6.07, 6.45) is -0.777. The van der Waals surface area contributed by atoms with E-state index in [1.165, 1.54) is 24.3 Å². The standard InChI is InChI=1S/C18H18N4O5/c19-17(22-18(26)27-11-12-4-2-1-3-5-12)21-14-8-6-13(7-9-14)16(25)20-10-15(23)24/h1-9H,10-11H2,(H,20,25)(H,23,24)(H3,19,21,22,26). The van der Waals surface area contributed by atoms with E-state index in [4.69, 9.17) is 15.3 Å². The molecule has 2 aromatic rings. The molecule has 0 heterocycles. The number of carboxylic acids is 1. The Morgan fingerprint density at radius 1 is 1.00 bits per heavy atom. The molecule has 0 saturated heterocycles. The van der Waals surface area contributed by atoms with Crippen molar-refractivity contribution in [1.82, 2.24) is 10.6 Å². The maximum Gasteiger partial charge on any atom is 0.414 e. The van der Waals surface area contributed by atoms with Crippen molar-refractivity contribution in [3.63, 3.8) is 0 Å². The smallest absolute Gasteiger partial charge is 0.414 e. The summed E-state index contributed by atoms with van der Waals surface area (Å²) < 4.78 is 5.00. The number of aliphatic carboxylic acids is 1. The molecular weight excluding hydrogens is 352 g/mol. The van der Waals surface area contributed by atoms with E-state index in [-0.39, 0.29) is 18.1 Å². The molecule has 0 bridgehead atoms. The molecule has 0 aliphatic carbocycles. The van der Waals surface area contributed by atoms with Crippen LogP contribution < -0.4 is 16.0 Å². The third-order valence-electron chi connectivity index (χ3n) is 3.26. The van der Waals surface area contributed by atoms with Crippen LogP contribution in [0.1, 0.15) is 15.9 Å². The number of benzene rings is 2. The van der Waals surface area contributed by atoms with Crippen LogP contribution in [0, 0.1) is 5.41 Å². The average Bonchev–Trinajstić information content (AvgIpc) is 2.65. The van der Waals surface area contributed by atoms with Gasteiger partial charge in [0.05, 0.1) is 0 Å². The normalized spacial score (nSPS) is 9.78. The minimum Gasteiger partial charge on any atom is -0.480 e. The number of nitrogens with one attached hydrogen (secondary N) is 4. The Labute approximate surface area is 154 Å². The molecule has 0 atom stereocenters. The van der Waals surface area contributed by atoms with Crippen molar-refractivity contribution in [3.8, 4) is 0 Å². The Morgan fingerprint density at radius 2 is 1.67 bits per heavy atom. The number of carboxylic acid groups (broad SMARTS) is 1. The fraction of sp³-hybridized carbons (Fsp3) is 0.111. The quantitative estimate of drug-likeness (QED) is 0.388. The third kappa shape index (κ3) is 6.86. The molecule has 2 rings (SSSR count). The van der Waals surface area contributed by atoms with Crippen LogP contribution in [-0.2, 0) is 16.1 Å². The van der Waals surface area contributed by atoms with Gasteiger partial charge in [-0.3, -0.25) is 20.3 Å². The summed E-state index contributed by atoms with van der Waals surface area (Å²) in [6.45, 7) is -0.390. The summed E-state index contributed by atoms with van der Waals surface area (Å²) in [7, 11) is 0. The van der Waals surface area contributed by atoms with E-state index in [0.29, 0.717) is 5.69 Å². The number of carbonyl (C=O) groups excluding carboxylic acids is 2. The van der Waals surface area contributed by atoms with E-state index in [1.807, 2.05) is 30.3 Å². The first-order valence-corrected chi connectivity index (χ1v) is 7.87. The number of hydrogen-bond acceptors (Lipinski definition) is 5. The van der Waals surface area contributed by atoms with Gasteiger partial charge in [-0.15, -0.1) is 0 Å². The first-order valence-electron chi connectivity index (χ1n) is 7.87. The van der Waals surface area contributed by atoms with E-state index >= 15 is 0 Å². The van der Waals surface area contributed by atoms with Crippen LogP contribution in [0.2, 0.25) is 0 Å². The highest BCUT2D eigenvalue weighted by atomic mass is 16.5. The second-order valence-electron chi connectivity index (χ2n) is 5.34. The second-order valence-corrected chi connectivity index (χ2v) is 5.34. The third-order valence-corrected chi connectivity index (χ3v) is 3.26. The zero-order chi connectivity index (χ0) is 19.6. The fourth-order valence-electron chi connectivity index (χ4n) is 2.00.